The second-order valence-corrected chi connectivity index (χ2v) is 2.73. The monoisotopic (exact) mass is 171 g/mol. The van der Waals surface area contributed by atoms with Gasteiger partial charge in [0.05, 0.1) is 0 Å². The molecule has 2 rings (SSSR count). The summed E-state index contributed by atoms with van der Waals surface area (Å²) in [6, 6.07) is 0. The third-order valence-electron chi connectivity index (χ3n) is 1.77. The molecular weight excluding hydrogens is 162 g/mol. The van der Waals surface area contributed by atoms with Gasteiger partial charge in [-0.1, -0.05) is 12.7 Å². The number of nitrogens with one attached hydrogen (secondary N) is 1. The third-order valence-corrected chi connectivity index (χ3v) is 1.77. The molecular formula is C10H9N3. The first-order valence-corrected chi connectivity index (χ1v) is 3.95. The molecule has 0 unspecified atom stereocenters. The first-order chi connectivity index (χ1) is 6.36. The molecule has 0 spiro atoms. The standard InChI is InChI=1S/C10H9N3/c1-8-2-3-9(6-13-8)10-4-11-7-12-5-10/h2-7,13H,1H2. The van der Waals surface area contributed by atoms with E-state index in [1.807, 2.05) is 18.4 Å². The SMILES string of the molecule is C=C1C=CC(c2cncnc2)=CN1. The normalized spacial score (nSPS) is 15.1. The Hall–Kier alpha value is -1.90. The maximum absolute atomic E-state index is 3.94. The highest BCUT2D eigenvalue weighted by Crippen LogP contribution is 2.16. The number of hydrogen-bond donors (Lipinski definition) is 1. The van der Waals surface area contributed by atoms with Crippen LogP contribution in [0, 0.1) is 0 Å². The third kappa shape index (κ3) is 1.64. The fraction of sp³-hybridized carbons (Fsp3) is 0. The molecule has 0 saturated carbocycles. The van der Waals surface area contributed by atoms with Gasteiger partial charge < -0.3 is 5.32 Å². The number of dihydropyridines is 1. The van der Waals surface area contributed by atoms with Crippen LogP contribution >= 0.6 is 0 Å². The van der Waals surface area contributed by atoms with Gasteiger partial charge in [-0.15, -0.1) is 0 Å². The van der Waals surface area contributed by atoms with Gasteiger partial charge in [0.15, 0.2) is 0 Å². The summed E-state index contributed by atoms with van der Waals surface area (Å²) in [6.45, 7) is 3.77. The molecule has 0 aromatic carbocycles. The summed E-state index contributed by atoms with van der Waals surface area (Å²) in [5, 5.41) is 3.03. The molecule has 2 heterocycles. The first kappa shape index (κ1) is 7.73. The lowest BCUT2D eigenvalue weighted by molar-refractivity contribution is 1.10. The average Bonchev–Trinajstić information content (AvgIpc) is 2.20. The summed E-state index contributed by atoms with van der Waals surface area (Å²) in [7, 11) is 0. The van der Waals surface area contributed by atoms with Crippen LogP contribution in [-0.2, 0) is 0 Å². The molecule has 3 heteroatoms. The highest BCUT2D eigenvalue weighted by molar-refractivity contribution is 5.74. The molecule has 1 N–H and O–H groups in total. The zero-order chi connectivity index (χ0) is 9.10. The average molecular weight is 171 g/mol. The second-order valence-electron chi connectivity index (χ2n) is 2.73. The van der Waals surface area contributed by atoms with E-state index < -0.39 is 0 Å². The molecule has 64 valence electrons. The smallest absolute Gasteiger partial charge is 0.115 e. The van der Waals surface area contributed by atoms with Crippen molar-refractivity contribution in [1.29, 1.82) is 0 Å². The van der Waals surface area contributed by atoms with Gasteiger partial charge in [0.1, 0.15) is 6.33 Å². The van der Waals surface area contributed by atoms with Crippen LogP contribution in [0.5, 0.6) is 0 Å². The second kappa shape index (κ2) is 3.23. The minimum atomic E-state index is 0.889. The summed E-state index contributed by atoms with van der Waals surface area (Å²) in [4.78, 5) is 7.89. The molecule has 3 nitrogen and oxygen atoms in total. The van der Waals surface area contributed by atoms with Crippen LogP contribution in [0.2, 0.25) is 0 Å². The number of hydrogen-bond acceptors (Lipinski definition) is 3. The molecule has 13 heavy (non-hydrogen) atoms. The minimum Gasteiger partial charge on any atom is -0.362 e. The van der Waals surface area contributed by atoms with Crippen molar-refractivity contribution in [3.8, 4) is 0 Å². The van der Waals surface area contributed by atoms with Gasteiger partial charge in [-0.05, 0) is 6.08 Å². The van der Waals surface area contributed by atoms with Crippen LogP contribution < -0.4 is 5.32 Å². The summed E-state index contributed by atoms with van der Waals surface area (Å²) >= 11 is 0. The first-order valence-electron chi connectivity index (χ1n) is 3.95. The van der Waals surface area contributed by atoms with E-state index in [0.29, 0.717) is 0 Å². The Kier molecular flexibility index (Phi) is 1.92. The van der Waals surface area contributed by atoms with Gasteiger partial charge in [-0.2, -0.15) is 0 Å². The van der Waals surface area contributed by atoms with E-state index in [4.69, 9.17) is 0 Å². The van der Waals surface area contributed by atoms with Crippen LogP contribution in [0.15, 0.2) is 49.3 Å². The molecule has 1 aliphatic rings. The number of rotatable bonds is 1. The summed E-state index contributed by atoms with van der Waals surface area (Å²) in [6.07, 6.45) is 10.9. The van der Waals surface area contributed by atoms with Crippen molar-refractivity contribution < 1.29 is 0 Å². The number of nitrogens with zero attached hydrogens (tertiary/aromatic N) is 2. The lowest BCUT2D eigenvalue weighted by Gasteiger charge is -2.09. The van der Waals surface area contributed by atoms with E-state index in [9.17, 15) is 0 Å². The van der Waals surface area contributed by atoms with Gasteiger partial charge in [0, 0.05) is 35.4 Å². The molecule has 0 radical (unpaired) electrons. The maximum Gasteiger partial charge on any atom is 0.115 e. The number of aromatic nitrogens is 2. The zero-order valence-electron chi connectivity index (χ0n) is 7.07. The van der Waals surface area contributed by atoms with Crippen LogP contribution in [0.25, 0.3) is 5.57 Å². The largest absolute Gasteiger partial charge is 0.362 e. The van der Waals surface area contributed by atoms with Crippen molar-refractivity contribution in [3.05, 3.63) is 54.9 Å². The molecule has 0 aliphatic carbocycles. The van der Waals surface area contributed by atoms with E-state index in [1.165, 1.54) is 6.33 Å². The maximum atomic E-state index is 3.94. The van der Waals surface area contributed by atoms with Crippen molar-refractivity contribution in [1.82, 2.24) is 15.3 Å². The fourth-order valence-electron chi connectivity index (χ4n) is 1.08. The fourth-order valence-corrected chi connectivity index (χ4v) is 1.08. The Labute approximate surface area is 76.5 Å². The molecule has 1 aromatic rings. The van der Waals surface area contributed by atoms with Gasteiger partial charge in [0.25, 0.3) is 0 Å². The molecule has 1 aliphatic heterocycles. The van der Waals surface area contributed by atoms with E-state index >= 15 is 0 Å². The molecule has 0 fully saturated rings. The van der Waals surface area contributed by atoms with Crippen molar-refractivity contribution in [3.63, 3.8) is 0 Å². The Balaban J connectivity index is 2.30. The molecule has 0 saturated heterocycles. The lowest BCUT2D eigenvalue weighted by atomic mass is 10.1. The predicted molar refractivity (Wildman–Crippen MR) is 51.4 cm³/mol. The topological polar surface area (TPSA) is 37.8 Å². The summed E-state index contributed by atoms with van der Waals surface area (Å²) in [5.41, 5.74) is 2.95. The minimum absolute atomic E-state index is 0.889. The molecule has 0 atom stereocenters. The lowest BCUT2D eigenvalue weighted by Crippen LogP contribution is -2.05. The van der Waals surface area contributed by atoms with E-state index in [2.05, 4.69) is 21.9 Å². The number of allylic oxidation sites excluding steroid dienone is 3. The molecule has 0 amide bonds. The van der Waals surface area contributed by atoms with Gasteiger partial charge >= 0.3 is 0 Å². The summed E-state index contributed by atoms with van der Waals surface area (Å²) < 4.78 is 0. The van der Waals surface area contributed by atoms with Crippen LogP contribution in [-0.4, -0.2) is 9.97 Å². The highest BCUT2D eigenvalue weighted by atomic mass is 14.9. The summed E-state index contributed by atoms with van der Waals surface area (Å²) in [5.74, 6) is 0. The van der Waals surface area contributed by atoms with Crippen LogP contribution in [0.1, 0.15) is 5.56 Å². The Bertz CT molecular complexity index is 376. The zero-order valence-corrected chi connectivity index (χ0v) is 7.07. The van der Waals surface area contributed by atoms with E-state index in [0.717, 1.165) is 16.8 Å². The van der Waals surface area contributed by atoms with Gasteiger partial charge in [-0.3, -0.25) is 0 Å². The van der Waals surface area contributed by atoms with Crippen LogP contribution in [0.3, 0.4) is 0 Å². The quantitative estimate of drug-likeness (QED) is 0.695. The van der Waals surface area contributed by atoms with Crippen molar-refractivity contribution >= 4 is 5.57 Å². The van der Waals surface area contributed by atoms with E-state index in [1.54, 1.807) is 12.4 Å². The van der Waals surface area contributed by atoms with Crippen LogP contribution in [0.4, 0.5) is 0 Å². The van der Waals surface area contributed by atoms with Gasteiger partial charge in [-0.25, -0.2) is 9.97 Å². The van der Waals surface area contributed by atoms with Crippen molar-refractivity contribution in [2.75, 3.05) is 0 Å². The Morgan fingerprint density at radius 2 is 1.92 bits per heavy atom. The Morgan fingerprint density at radius 1 is 1.15 bits per heavy atom. The van der Waals surface area contributed by atoms with E-state index in [-0.39, 0.29) is 0 Å². The molecule has 0 bridgehead atoms. The van der Waals surface area contributed by atoms with Crippen molar-refractivity contribution in [2.24, 2.45) is 0 Å². The molecule has 1 aromatic heterocycles. The van der Waals surface area contributed by atoms with Gasteiger partial charge in [0.2, 0.25) is 0 Å². The Morgan fingerprint density at radius 3 is 2.54 bits per heavy atom. The van der Waals surface area contributed by atoms with Crippen molar-refractivity contribution in [2.45, 2.75) is 0 Å². The highest BCUT2D eigenvalue weighted by Gasteiger charge is 2.01. The predicted octanol–water partition coefficient (Wildman–Crippen LogP) is 1.49.